The van der Waals surface area contributed by atoms with Crippen molar-refractivity contribution in [1.82, 2.24) is 9.55 Å². The molecule has 1 atom stereocenters. The highest BCUT2D eigenvalue weighted by Crippen LogP contribution is 2.11. The third-order valence-corrected chi connectivity index (χ3v) is 2.04. The summed E-state index contributed by atoms with van der Waals surface area (Å²) in [6, 6.07) is 0. The monoisotopic (exact) mass is 230 g/mol. The Morgan fingerprint density at radius 2 is 2.06 bits per heavy atom. The normalized spacial score (nSPS) is 14.9. The summed E-state index contributed by atoms with van der Waals surface area (Å²) >= 11 is 0. The van der Waals surface area contributed by atoms with Crippen LogP contribution < -0.4 is 0 Å². The van der Waals surface area contributed by atoms with E-state index >= 15 is 0 Å². The van der Waals surface area contributed by atoms with Gasteiger partial charge < -0.3 is 24.3 Å². The predicted octanol–water partition coefficient (Wildman–Crippen LogP) is -0.426. The zero-order valence-corrected chi connectivity index (χ0v) is 9.37. The van der Waals surface area contributed by atoms with Crippen LogP contribution in [0.3, 0.4) is 0 Å². The molecule has 0 fully saturated rings. The molecule has 1 rings (SSSR count). The summed E-state index contributed by atoms with van der Waals surface area (Å²) in [4.78, 5) is 3.85. The lowest BCUT2D eigenvalue weighted by Gasteiger charge is -2.24. The minimum absolute atomic E-state index is 0.00670. The van der Waals surface area contributed by atoms with E-state index in [1.165, 1.54) is 6.33 Å². The van der Waals surface area contributed by atoms with Gasteiger partial charge in [0.2, 0.25) is 0 Å². The first-order chi connectivity index (χ1) is 7.67. The molecule has 0 amide bonds. The van der Waals surface area contributed by atoms with E-state index < -0.39 is 5.72 Å². The minimum atomic E-state index is -1.10. The van der Waals surface area contributed by atoms with E-state index in [4.69, 9.17) is 14.6 Å². The van der Waals surface area contributed by atoms with E-state index in [9.17, 15) is 5.11 Å². The van der Waals surface area contributed by atoms with Crippen molar-refractivity contribution in [3.63, 3.8) is 0 Å². The second kappa shape index (κ2) is 6.59. The molecule has 92 valence electrons. The van der Waals surface area contributed by atoms with Gasteiger partial charge in [-0.1, -0.05) is 0 Å². The Hall–Kier alpha value is -0.950. The summed E-state index contributed by atoms with van der Waals surface area (Å²) in [5.74, 6) is 0. The summed E-state index contributed by atoms with van der Waals surface area (Å²) in [7, 11) is 0. The quantitative estimate of drug-likeness (QED) is 0.593. The molecule has 0 saturated heterocycles. The smallest absolute Gasteiger partial charge is 0.163 e. The summed E-state index contributed by atoms with van der Waals surface area (Å²) < 4.78 is 11.8. The van der Waals surface area contributed by atoms with Crippen molar-refractivity contribution in [1.29, 1.82) is 0 Å². The molecular weight excluding hydrogens is 212 g/mol. The number of rotatable bonds is 8. The van der Waals surface area contributed by atoms with Crippen LogP contribution in [0.5, 0.6) is 0 Å². The van der Waals surface area contributed by atoms with Crippen molar-refractivity contribution in [3.8, 4) is 0 Å². The van der Waals surface area contributed by atoms with Gasteiger partial charge in [0, 0.05) is 12.4 Å². The fourth-order valence-corrected chi connectivity index (χ4v) is 1.17. The Kier molecular flexibility index (Phi) is 5.41. The molecule has 6 heteroatoms. The SMILES string of the molecule is CC(O)(COCCOCCO)n1ccnc1. The lowest BCUT2D eigenvalue weighted by Crippen LogP contribution is -2.34. The van der Waals surface area contributed by atoms with Crippen molar-refractivity contribution >= 4 is 0 Å². The van der Waals surface area contributed by atoms with E-state index in [2.05, 4.69) is 4.98 Å². The molecule has 0 radical (unpaired) electrons. The molecule has 0 saturated carbocycles. The van der Waals surface area contributed by atoms with Crippen LogP contribution in [0.25, 0.3) is 0 Å². The number of ether oxygens (including phenoxy) is 2. The zero-order chi connectivity index (χ0) is 11.9. The Bertz CT molecular complexity index is 274. The van der Waals surface area contributed by atoms with Gasteiger partial charge in [-0.15, -0.1) is 0 Å². The Balaban J connectivity index is 2.17. The van der Waals surface area contributed by atoms with E-state index in [1.807, 2.05) is 0 Å². The number of aliphatic hydroxyl groups is 2. The lowest BCUT2D eigenvalue weighted by molar-refractivity contribution is -0.0976. The number of aliphatic hydroxyl groups excluding tert-OH is 1. The van der Waals surface area contributed by atoms with Gasteiger partial charge in [0.25, 0.3) is 0 Å². The number of hydrogen-bond acceptors (Lipinski definition) is 5. The second-order valence-electron chi connectivity index (χ2n) is 3.58. The lowest BCUT2D eigenvalue weighted by atomic mass is 10.3. The Morgan fingerprint density at radius 1 is 1.31 bits per heavy atom. The first-order valence-electron chi connectivity index (χ1n) is 5.14. The number of imidazole rings is 1. The molecular formula is C10H18N2O4. The van der Waals surface area contributed by atoms with Gasteiger partial charge in [0.05, 0.1) is 39.4 Å². The standard InChI is InChI=1S/C10H18N2O4/c1-10(14,12-3-2-11-9-12)8-16-7-6-15-5-4-13/h2-3,9,13-14H,4-8H2,1H3. The first kappa shape index (κ1) is 13.1. The Morgan fingerprint density at radius 3 is 2.69 bits per heavy atom. The molecule has 1 aromatic rings. The van der Waals surface area contributed by atoms with E-state index in [-0.39, 0.29) is 13.2 Å². The highest BCUT2D eigenvalue weighted by molar-refractivity contribution is 4.82. The zero-order valence-electron chi connectivity index (χ0n) is 9.37. The molecule has 0 aromatic carbocycles. The van der Waals surface area contributed by atoms with Crippen LogP contribution >= 0.6 is 0 Å². The number of nitrogens with zero attached hydrogens (tertiary/aromatic N) is 2. The Labute approximate surface area is 94.4 Å². The average molecular weight is 230 g/mol. The van der Waals surface area contributed by atoms with Crippen LogP contribution in [0.15, 0.2) is 18.7 Å². The maximum Gasteiger partial charge on any atom is 0.163 e. The second-order valence-corrected chi connectivity index (χ2v) is 3.58. The maximum atomic E-state index is 9.99. The van der Waals surface area contributed by atoms with Crippen LogP contribution in [0.4, 0.5) is 0 Å². The molecule has 1 unspecified atom stereocenters. The molecule has 0 aliphatic carbocycles. The van der Waals surface area contributed by atoms with Gasteiger partial charge in [-0.3, -0.25) is 0 Å². The van der Waals surface area contributed by atoms with Gasteiger partial charge in [-0.25, -0.2) is 4.98 Å². The van der Waals surface area contributed by atoms with Gasteiger partial charge in [0.15, 0.2) is 5.72 Å². The molecule has 0 bridgehead atoms. The van der Waals surface area contributed by atoms with Crippen molar-refractivity contribution < 1.29 is 19.7 Å². The molecule has 2 N–H and O–H groups in total. The first-order valence-corrected chi connectivity index (χ1v) is 5.14. The average Bonchev–Trinajstić information content (AvgIpc) is 2.77. The van der Waals surface area contributed by atoms with Crippen molar-refractivity contribution in [2.75, 3.05) is 33.0 Å². The summed E-state index contributed by atoms with van der Waals surface area (Å²) in [5, 5.41) is 18.5. The third kappa shape index (κ3) is 4.28. The molecule has 16 heavy (non-hydrogen) atoms. The van der Waals surface area contributed by atoms with Crippen LogP contribution in [0.1, 0.15) is 6.92 Å². The number of aromatic nitrogens is 2. The van der Waals surface area contributed by atoms with Crippen LogP contribution in [0, 0.1) is 0 Å². The van der Waals surface area contributed by atoms with E-state index in [1.54, 1.807) is 23.9 Å². The molecule has 6 nitrogen and oxygen atoms in total. The van der Waals surface area contributed by atoms with Crippen molar-refractivity contribution in [3.05, 3.63) is 18.7 Å². The van der Waals surface area contributed by atoms with E-state index in [0.717, 1.165) is 0 Å². The molecule has 1 heterocycles. The summed E-state index contributed by atoms with van der Waals surface area (Å²) in [6.45, 7) is 2.90. The largest absolute Gasteiger partial charge is 0.394 e. The van der Waals surface area contributed by atoms with Gasteiger partial charge in [-0.05, 0) is 6.92 Å². The van der Waals surface area contributed by atoms with Gasteiger partial charge in [0.1, 0.15) is 0 Å². The fraction of sp³-hybridized carbons (Fsp3) is 0.700. The van der Waals surface area contributed by atoms with Crippen LogP contribution in [0.2, 0.25) is 0 Å². The third-order valence-electron chi connectivity index (χ3n) is 2.04. The van der Waals surface area contributed by atoms with Crippen LogP contribution in [-0.4, -0.2) is 52.8 Å². The topological polar surface area (TPSA) is 76.7 Å². The summed E-state index contributed by atoms with van der Waals surface area (Å²) in [5.41, 5.74) is -1.10. The minimum Gasteiger partial charge on any atom is -0.394 e. The van der Waals surface area contributed by atoms with Crippen molar-refractivity contribution in [2.45, 2.75) is 12.6 Å². The highest BCUT2D eigenvalue weighted by Gasteiger charge is 2.21. The molecule has 1 aromatic heterocycles. The molecule has 0 aliphatic heterocycles. The van der Waals surface area contributed by atoms with E-state index in [0.29, 0.717) is 19.8 Å². The van der Waals surface area contributed by atoms with Crippen molar-refractivity contribution in [2.24, 2.45) is 0 Å². The number of hydrogen-bond donors (Lipinski definition) is 2. The fourth-order valence-electron chi connectivity index (χ4n) is 1.17. The highest BCUT2D eigenvalue weighted by atomic mass is 16.5. The predicted molar refractivity (Wildman–Crippen MR) is 56.8 cm³/mol. The maximum absolute atomic E-state index is 9.99. The van der Waals surface area contributed by atoms with Gasteiger partial charge >= 0.3 is 0 Å². The van der Waals surface area contributed by atoms with Gasteiger partial charge in [-0.2, -0.15) is 0 Å². The van der Waals surface area contributed by atoms with Crippen LogP contribution in [-0.2, 0) is 15.2 Å². The molecule has 0 spiro atoms. The molecule has 0 aliphatic rings. The summed E-state index contributed by atoms with van der Waals surface area (Å²) in [6.07, 6.45) is 4.80.